The van der Waals surface area contributed by atoms with E-state index in [0.29, 0.717) is 47.5 Å². The number of halogens is 1. The van der Waals surface area contributed by atoms with Gasteiger partial charge in [-0.1, -0.05) is 30.3 Å². The van der Waals surface area contributed by atoms with Crippen molar-refractivity contribution in [2.75, 3.05) is 27.8 Å². The molecule has 0 fully saturated rings. The number of nitrogens with zero attached hydrogens (tertiary/aromatic N) is 2. The van der Waals surface area contributed by atoms with E-state index in [1.807, 2.05) is 47.2 Å². The molecule has 8 nitrogen and oxygen atoms in total. The first-order valence-electron chi connectivity index (χ1n) is 14.2. The van der Waals surface area contributed by atoms with Gasteiger partial charge in [0.05, 0.1) is 36.6 Å². The van der Waals surface area contributed by atoms with Gasteiger partial charge in [0.25, 0.3) is 11.8 Å². The van der Waals surface area contributed by atoms with Gasteiger partial charge < -0.3 is 29.6 Å². The lowest BCUT2D eigenvalue weighted by atomic mass is 9.95. The van der Waals surface area contributed by atoms with Gasteiger partial charge in [-0.15, -0.1) is 0 Å². The van der Waals surface area contributed by atoms with Gasteiger partial charge in [0.2, 0.25) is 0 Å². The third-order valence-electron chi connectivity index (χ3n) is 8.08. The molecule has 1 atom stereocenters. The van der Waals surface area contributed by atoms with Crippen LogP contribution in [0.3, 0.4) is 0 Å². The first kappa shape index (κ1) is 28.2. The number of carbonyl (C=O) groups excluding carboxylic acids is 2. The number of aromatic nitrogens is 2. The topological polar surface area (TPSA) is 99.6 Å². The van der Waals surface area contributed by atoms with E-state index >= 15 is 0 Å². The molecule has 220 valence electrons. The zero-order valence-electron chi connectivity index (χ0n) is 24.3. The van der Waals surface area contributed by atoms with Crippen LogP contribution < -0.4 is 10.1 Å². The van der Waals surface area contributed by atoms with E-state index < -0.39 is 11.9 Å². The number of aliphatic hydroxyl groups excluding tert-OH is 1. The smallest absolute Gasteiger partial charge is 0.257 e. The van der Waals surface area contributed by atoms with Crippen LogP contribution in [0.2, 0.25) is 0 Å². The normalized spacial score (nSPS) is 12.9. The van der Waals surface area contributed by atoms with Gasteiger partial charge in [0.15, 0.2) is 0 Å². The molecule has 3 aromatic carbocycles. The molecule has 2 aromatic heterocycles. The van der Waals surface area contributed by atoms with Gasteiger partial charge in [0, 0.05) is 54.6 Å². The number of para-hydroxylation sites is 1. The van der Waals surface area contributed by atoms with E-state index in [1.54, 1.807) is 32.3 Å². The number of H-pyrrole nitrogens is 1. The molecule has 3 N–H and O–H groups in total. The number of aryl methyl sites for hydroxylation is 1. The van der Waals surface area contributed by atoms with Crippen LogP contribution in [0.25, 0.3) is 33.4 Å². The zero-order valence-corrected chi connectivity index (χ0v) is 24.3. The number of benzene rings is 3. The summed E-state index contributed by atoms with van der Waals surface area (Å²) in [4.78, 5) is 31.7. The van der Waals surface area contributed by atoms with Crippen molar-refractivity contribution < 1.29 is 23.8 Å². The minimum absolute atomic E-state index is 0.199. The maximum Gasteiger partial charge on any atom is 0.257 e. The van der Waals surface area contributed by atoms with Crippen molar-refractivity contribution in [3.8, 4) is 28.3 Å². The van der Waals surface area contributed by atoms with Crippen LogP contribution in [0.5, 0.6) is 5.75 Å². The average molecular weight is 581 g/mol. The monoisotopic (exact) mass is 580 g/mol. The maximum absolute atomic E-state index is 14.5. The highest BCUT2D eigenvalue weighted by Gasteiger charge is 2.29. The Balaban J connectivity index is 1.43. The van der Waals surface area contributed by atoms with Crippen molar-refractivity contribution in [2.24, 2.45) is 0 Å². The van der Waals surface area contributed by atoms with Crippen LogP contribution in [0, 0.1) is 5.82 Å². The van der Waals surface area contributed by atoms with E-state index in [4.69, 9.17) is 4.74 Å². The summed E-state index contributed by atoms with van der Waals surface area (Å²) < 4.78 is 22.0. The molecule has 5 aromatic rings. The average Bonchev–Trinajstić information content (AvgIpc) is 3.61. The number of ether oxygens (including phenoxy) is 1. The van der Waals surface area contributed by atoms with Crippen molar-refractivity contribution in [1.82, 2.24) is 19.8 Å². The lowest BCUT2D eigenvalue weighted by Gasteiger charge is -2.24. The highest BCUT2D eigenvalue weighted by molar-refractivity contribution is 6.03. The summed E-state index contributed by atoms with van der Waals surface area (Å²) in [6, 6.07) is 19.0. The number of methoxy groups -OCH3 is 1. The Morgan fingerprint density at radius 1 is 1.09 bits per heavy atom. The number of hydrogen-bond acceptors (Lipinski definition) is 4. The molecule has 0 saturated heterocycles. The van der Waals surface area contributed by atoms with Crippen LogP contribution in [0.1, 0.15) is 31.8 Å². The van der Waals surface area contributed by atoms with Crippen LogP contribution in [-0.2, 0) is 19.4 Å². The SMILES string of the molecule is COc1cc2c(cc1C(=O)N(C)C)-c1cc(C(=O)N[C@@H](CO)Cc3c[nH]c4ccccc34)c(-c3cccc(F)c3)n1CC2. The summed E-state index contributed by atoms with van der Waals surface area (Å²) in [6.45, 7) is 0.289. The Morgan fingerprint density at radius 3 is 2.65 bits per heavy atom. The first-order valence-corrected chi connectivity index (χ1v) is 14.2. The Labute approximate surface area is 248 Å². The van der Waals surface area contributed by atoms with Crippen LogP contribution in [-0.4, -0.2) is 65.2 Å². The van der Waals surface area contributed by atoms with Crippen LogP contribution in [0.4, 0.5) is 4.39 Å². The van der Waals surface area contributed by atoms with Gasteiger partial charge in [-0.25, -0.2) is 4.39 Å². The van der Waals surface area contributed by atoms with Crippen molar-refractivity contribution in [3.05, 3.63) is 101 Å². The lowest BCUT2D eigenvalue weighted by molar-refractivity contribution is 0.0823. The van der Waals surface area contributed by atoms with Gasteiger partial charge in [-0.3, -0.25) is 9.59 Å². The van der Waals surface area contributed by atoms with E-state index in [9.17, 15) is 19.1 Å². The molecule has 0 aliphatic carbocycles. The number of rotatable bonds is 8. The maximum atomic E-state index is 14.5. The first-order chi connectivity index (χ1) is 20.8. The second kappa shape index (κ2) is 11.4. The molecule has 0 unspecified atom stereocenters. The fourth-order valence-corrected chi connectivity index (χ4v) is 5.99. The molecular weight excluding hydrogens is 547 g/mol. The van der Waals surface area contributed by atoms with Crippen molar-refractivity contribution in [3.63, 3.8) is 0 Å². The van der Waals surface area contributed by atoms with Crippen molar-refractivity contribution in [2.45, 2.75) is 25.4 Å². The quantitative estimate of drug-likeness (QED) is 0.239. The number of aliphatic hydroxyl groups is 1. The molecular formula is C34H33FN4O4. The van der Waals surface area contributed by atoms with E-state index in [1.165, 1.54) is 24.1 Å². The predicted octanol–water partition coefficient (Wildman–Crippen LogP) is 5.04. The number of fused-ring (bicyclic) bond motifs is 4. The zero-order chi connectivity index (χ0) is 30.2. The second-order valence-electron chi connectivity index (χ2n) is 11.0. The van der Waals surface area contributed by atoms with E-state index in [0.717, 1.165) is 33.3 Å². The highest BCUT2D eigenvalue weighted by atomic mass is 19.1. The Morgan fingerprint density at radius 2 is 1.91 bits per heavy atom. The molecule has 0 radical (unpaired) electrons. The van der Waals surface area contributed by atoms with Gasteiger partial charge >= 0.3 is 0 Å². The van der Waals surface area contributed by atoms with Crippen molar-refractivity contribution >= 4 is 22.7 Å². The summed E-state index contributed by atoms with van der Waals surface area (Å²) in [5.41, 5.74) is 6.44. The van der Waals surface area contributed by atoms with Gasteiger partial charge in [-0.2, -0.15) is 0 Å². The molecule has 1 aliphatic heterocycles. The number of hydrogen-bond donors (Lipinski definition) is 3. The molecule has 43 heavy (non-hydrogen) atoms. The Bertz CT molecular complexity index is 1850. The Kier molecular flexibility index (Phi) is 7.50. The molecule has 9 heteroatoms. The summed E-state index contributed by atoms with van der Waals surface area (Å²) in [6.07, 6.45) is 2.95. The van der Waals surface area contributed by atoms with Gasteiger partial charge in [0.1, 0.15) is 11.6 Å². The van der Waals surface area contributed by atoms with Gasteiger partial charge in [-0.05, 0) is 60.4 Å². The minimum atomic E-state index is -0.551. The number of amides is 2. The second-order valence-corrected chi connectivity index (χ2v) is 11.0. The molecule has 3 heterocycles. The third-order valence-corrected chi connectivity index (χ3v) is 8.08. The number of aromatic amines is 1. The highest BCUT2D eigenvalue weighted by Crippen LogP contribution is 2.40. The minimum Gasteiger partial charge on any atom is -0.496 e. The number of carbonyl (C=O) groups is 2. The Hall–Kier alpha value is -4.89. The molecule has 0 bridgehead atoms. The summed E-state index contributed by atoms with van der Waals surface area (Å²) in [5, 5.41) is 14.3. The molecule has 2 amide bonds. The largest absolute Gasteiger partial charge is 0.496 e. The fourth-order valence-electron chi connectivity index (χ4n) is 5.99. The molecule has 0 saturated carbocycles. The predicted molar refractivity (Wildman–Crippen MR) is 164 cm³/mol. The van der Waals surface area contributed by atoms with E-state index in [-0.39, 0.29) is 18.4 Å². The molecule has 1 aliphatic rings. The van der Waals surface area contributed by atoms with Crippen LogP contribution in [0.15, 0.2) is 72.9 Å². The fraction of sp³-hybridized carbons (Fsp3) is 0.235. The summed E-state index contributed by atoms with van der Waals surface area (Å²) in [7, 11) is 4.91. The number of nitrogens with one attached hydrogen (secondary N) is 2. The summed E-state index contributed by atoms with van der Waals surface area (Å²) >= 11 is 0. The molecule has 0 spiro atoms. The van der Waals surface area contributed by atoms with Crippen molar-refractivity contribution in [1.29, 1.82) is 0 Å². The van der Waals surface area contributed by atoms with Crippen LogP contribution >= 0.6 is 0 Å². The third kappa shape index (κ3) is 5.17. The lowest BCUT2D eigenvalue weighted by Crippen LogP contribution is -2.39. The van der Waals surface area contributed by atoms with E-state index in [2.05, 4.69) is 10.3 Å². The summed E-state index contributed by atoms with van der Waals surface area (Å²) in [5.74, 6) is -0.495. The molecule has 6 rings (SSSR count). The standard InChI is InChI=1S/C34H33FN4O4/c1-38(2)34(42)27-16-26-20(15-31(27)43-3)11-12-39-30(26)17-28(32(39)21-7-6-8-23(35)13-21)33(41)37-24(19-40)14-22-18-36-29-10-5-4-9-25(22)29/h4-10,13,15-18,24,36,40H,11-12,14,19H2,1-3H3,(H,37,41)/t24-/m1/s1.